The molecule has 1 saturated heterocycles. The van der Waals surface area contributed by atoms with Crippen LogP contribution in [0.3, 0.4) is 0 Å². The molecular weight excluding hydrogens is 376 g/mol. The van der Waals surface area contributed by atoms with Crippen molar-refractivity contribution in [2.45, 2.75) is 58.4 Å². The van der Waals surface area contributed by atoms with Crippen LogP contribution in [-0.4, -0.2) is 51.0 Å². The molecule has 1 aromatic carbocycles. The molecule has 0 radical (unpaired) electrons. The van der Waals surface area contributed by atoms with Crippen LogP contribution in [0.2, 0.25) is 0 Å². The highest BCUT2D eigenvalue weighted by Gasteiger charge is 2.29. The number of sulfonamides is 1. The molecule has 1 heterocycles. The lowest BCUT2D eigenvalue weighted by Crippen LogP contribution is -2.44. The molecule has 1 aromatic rings. The third-order valence-electron chi connectivity index (χ3n) is 5.09. The Morgan fingerprint density at radius 2 is 1.82 bits per heavy atom. The molecule has 28 heavy (non-hydrogen) atoms. The Bertz CT molecular complexity index is 763. The van der Waals surface area contributed by atoms with Crippen LogP contribution >= 0.6 is 0 Å². The van der Waals surface area contributed by atoms with Gasteiger partial charge in [0.2, 0.25) is 10.0 Å². The van der Waals surface area contributed by atoms with Gasteiger partial charge in [0.15, 0.2) is 0 Å². The van der Waals surface area contributed by atoms with E-state index in [0.717, 1.165) is 12.8 Å². The number of carbonyl (C=O) groups excluding carboxylic acids is 1. The van der Waals surface area contributed by atoms with Crippen molar-refractivity contribution in [3.8, 4) is 0 Å². The molecule has 0 bridgehead atoms. The fourth-order valence-electron chi connectivity index (χ4n) is 3.20. The first-order chi connectivity index (χ1) is 13.0. The van der Waals surface area contributed by atoms with Crippen molar-refractivity contribution in [3.05, 3.63) is 29.8 Å². The summed E-state index contributed by atoms with van der Waals surface area (Å²) in [7, 11) is -3.62. The number of rotatable bonds is 7. The second kappa shape index (κ2) is 9.37. The van der Waals surface area contributed by atoms with Crippen molar-refractivity contribution in [2.24, 2.45) is 11.3 Å². The molecule has 0 aliphatic carbocycles. The molecule has 1 fully saturated rings. The summed E-state index contributed by atoms with van der Waals surface area (Å²) in [6, 6.07) is 6.32. The molecular formula is C21H34N2O4S. The number of ether oxygens (including phenoxy) is 1. The number of nitrogens with zero attached hydrogens (tertiary/aromatic N) is 1. The summed E-state index contributed by atoms with van der Waals surface area (Å²) in [6.45, 7) is 12.1. The van der Waals surface area contributed by atoms with E-state index in [1.807, 2.05) is 0 Å². The van der Waals surface area contributed by atoms with E-state index in [2.05, 4.69) is 39.9 Å². The highest BCUT2D eigenvalue weighted by atomic mass is 32.2. The highest BCUT2D eigenvalue weighted by molar-refractivity contribution is 7.89. The minimum Gasteiger partial charge on any atom is -0.379 e. The number of amides is 1. The van der Waals surface area contributed by atoms with Crippen LogP contribution in [0.1, 0.15) is 57.8 Å². The van der Waals surface area contributed by atoms with E-state index in [0.29, 0.717) is 37.8 Å². The monoisotopic (exact) mass is 410 g/mol. The van der Waals surface area contributed by atoms with Gasteiger partial charge in [0, 0.05) is 24.7 Å². The van der Waals surface area contributed by atoms with Crippen LogP contribution in [0, 0.1) is 11.3 Å². The summed E-state index contributed by atoms with van der Waals surface area (Å²) in [6.07, 6.45) is 1.91. The van der Waals surface area contributed by atoms with Gasteiger partial charge in [-0.3, -0.25) is 4.79 Å². The summed E-state index contributed by atoms with van der Waals surface area (Å²) >= 11 is 0. The maximum Gasteiger partial charge on any atom is 0.251 e. The molecule has 0 aromatic heterocycles. The summed E-state index contributed by atoms with van der Waals surface area (Å²) in [5.41, 5.74) is 0.287. The minimum atomic E-state index is -3.62. The molecule has 1 unspecified atom stereocenters. The number of nitrogens with one attached hydrogen (secondary N) is 1. The first kappa shape index (κ1) is 22.8. The van der Waals surface area contributed by atoms with Gasteiger partial charge in [-0.2, -0.15) is 4.31 Å². The van der Waals surface area contributed by atoms with Gasteiger partial charge in [0.1, 0.15) is 0 Å². The lowest BCUT2D eigenvalue weighted by Gasteiger charge is -2.32. The zero-order chi connectivity index (χ0) is 20.9. The molecule has 7 heteroatoms. The Kier molecular flexibility index (Phi) is 7.65. The third-order valence-corrected chi connectivity index (χ3v) is 6.98. The zero-order valence-corrected chi connectivity index (χ0v) is 18.5. The number of benzene rings is 1. The summed E-state index contributed by atoms with van der Waals surface area (Å²) in [5.74, 6) is 0.325. The van der Waals surface area contributed by atoms with E-state index in [9.17, 15) is 13.2 Å². The molecule has 2 rings (SSSR count). The van der Waals surface area contributed by atoms with Crippen molar-refractivity contribution in [3.63, 3.8) is 0 Å². The molecule has 0 saturated carbocycles. The Hall–Kier alpha value is -1.44. The summed E-state index contributed by atoms with van der Waals surface area (Å²) in [5, 5.41) is 3.12. The molecule has 1 aliphatic rings. The van der Waals surface area contributed by atoms with Crippen molar-refractivity contribution < 1.29 is 17.9 Å². The highest BCUT2D eigenvalue weighted by Crippen LogP contribution is 2.25. The van der Waals surface area contributed by atoms with Crippen LogP contribution < -0.4 is 5.32 Å². The largest absolute Gasteiger partial charge is 0.379 e. The van der Waals surface area contributed by atoms with Gasteiger partial charge in [-0.05, 0) is 42.4 Å². The van der Waals surface area contributed by atoms with E-state index in [4.69, 9.17) is 4.74 Å². The van der Waals surface area contributed by atoms with Crippen LogP contribution in [0.4, 0.5) is 0 Å². The Morgan fingerprint density at radius 1 is 1.18 bits per heavy atom. The fraction of sp³-hybridized carbons (Fsp3) is 0.667. The molecule has 6 nitrogen and oxygen atoms in total. The van der Waals surface area contributed by atoms with Crippen LogP contribution in [0.25, 0.3) is 0 Å². The van der Waals surface area contributed by atoms with Gasteiger partial charge in [-0.15, -0.1) is 0 Å². The van der Waals surface area contributed by atoms with Gasteiger partial charge in [-0.1, -0.05) is 40.7 Å². The minimum absolute atomic E-state index is 0.0157. The van der Waals surface area contributed by atoms with E-state index >= 15 is 0 Å². The van der Waals surface area contributed by atoms with Gasteiger partial charge < -0.3 is 10.1 Å². The normalized spacial score (nSPS) is 17.5. The van der Waals surface area contributed by atoms with E-state index in [-0.39, 0.29) is 22.3 Å². The maximum atomic E-state index is 12.9. The fourth-order valence-corrected chi connectivity index (χ4v) is 4.65. The quantitative estimate of drug-likeness (QED) is 0.748. The lowest BCUT2D eigenvalue weighted by molar-refractivity contribution is 0.0730. The number of hydrogen-bond donors (Lipinski definition) is 1. The van der Waals surface area contributed by atoms with Crippen molar-refractivity contribution in [2.75, 3.05) is 26.3 Å². The van der Waals surface area contributed by atoms with Crippen LogP contribution in [0.5, 0.6) is 0 Å². The third kappa shape index (κ3) is 6.03. The predicted octanol–water partition coefficient (Wildman–Crippen LogP) is 3.29. The SMILES string of the molecule is CC(C)CCC(NC(=O)c1cccc(S(=O)(=O)N2CCOCC2)c1)C(C)(C)C. The van der Waals surface area contributed by atoms with Crippen LogP contribution in [-0.2, 0) is 14.8 Å². The first-order valence-corrected chi connectivity index (χ1v) is 11.4. The van der Waals surface area contributed by atoms with Gasteiger partial charge in [0.05, 0.1) is 18.1 Å². The lowest BCUT2D eigenvalue weighted by atomic mass is 9.82. The maximum absolute atomic E-state index is 12.9. The Balaban J connectivity index is 2.18. The smallest absolute Gasteiger partial charge is 0.251 e. The average Bonchev–Trinajstić information content (AvgIpc) is 2.64. The Morgan fingerprint density at radius 3 is 2.39 bits per heavy atom. The van der Waals surface area contributed by atoms with E-state index in [1.54, 1.807) is 18.2 Å². The van der Waals surface area contributed by atoms with Crippen LogP contribution in [0.15, 0.2) is 29.2 Å². The van der Waals surface area contributed by atoms with Crippen molar-refractivity contribution in [1.82, 2.24) is 9.62 Å². The molecule has 0 spiro atoms. The van der Waals surface area contributed by atoms with E-state index < -0.39 is 10.0 Å². The number of carbonyl (C=O) groups is 1. The second-order valence-electron chi connectivity index (χ2n) is 8.91. The molecule has 1 aliphatic heterocycles. The molecule has 1 N–H and O–H groups in total. The van der Waals surface area contributed by atoms with Crippen molar-refractivity contribution >= 4 is 15.9 Å². The number of morpholine rings is 1. The summed E-state index contributed by atoms with van der Waals surface area (Å²) in [4.78, 5) is 13.0. The number of hydrogen-bond acceptors (Lipinski definition) is 4. The molecule has 1 atom stereocenters. The second-order valence-corrected chi connectivity index (χ2v) is 10.8. The zero-order valence-electron chi connectivity index (χ0n) is 17.7. The predicted molar refractivity (Wildman–Crippen MR) is 111 cm³/mol. The topological polar surface area (TPSA) is 75.7 Å². The van der Waals surface area contributed by atoms with Gasteiger partial charge in [-0.25, -0.2) is 8.42 Å². The standard InChI is InChI=1S/C21H34N2O4S/c1-16(2)9-10-19(21(3,4)5)22-20(24)17-7-6-8-18(15-17)28(25,26)23-11-13-27-14-12-23/h6-8,15-16,19H,9-14H2,1-5H3,(H,22,24). The molecule has 1 amide bonds. The average molecular weight is 411 g/mol. The van der Waals surface area contributed by atoms with Crippen molar-refractivity contribution in [1.29, 1.82) is 0 Å². The molecule has 158 valence electrons. The van der Waals surface area contributed by atoms with Gasteiger partial charge >= 0.3 is 0 Å². The Labute approximate surface area is 169 Å². The summed E-state index contributed by atoms with van der Waals surface area (Å²) < 4.78 is 32.4. The van der Waals surface area contributed by atoms with E-state index in [1.165, 1.54) is 10.4 Å². The van der Waals surface area contributed by atoms with Gasteiger partial charge in [0.25, 0.3) is 5.91 Å². The first-order valence-electron chi connectivity index (χ1n) is 10.0.